The van der Waals surface area contributed by atoms with Crippen molar-refractivity contribution in [2.45, 2.75) is 39.3 Å². The summed E-state index contributed by atoms with van der Waals surface area (Å²) >= 11 is 0. The lowest BCUT2D eigenvalue weighted by molar-refractivity contribution is 0.0945. The van der Waals surface area contributed by atoms with Crippen LogP contribution >= 0.6 is 0 Å². The highest BCUT2D eigenvalue weighted by molar-refractivity contribution is 5.94. The fourth-order valence-corrected chi connectivity index (χ4v) is 3.71. The summed E-state index contributed by atoms with van der Waals surface area (Å²) in [4.78, 5) is 17.2. The molecule has 1 atom stereocenters. The number of nitrogens with zero attached hydrogens (tertiary/aromatic N) is 2. The van der Waals surface area contributed by atoms with Gasteiger partial charge in [-0.15, -0.1) is 0 Å². The average molecular weight is 416 g/mol. The minimum absolute atomic E-state index is 0.0331. The minimum Gasteiger partial charge on any atom is -0.345 e. The molecule has 0 saturated carbocycles. The highest BCUT2D eigenvalue weighted by Gasteiger charge is 2.15. The Bertz CT molecular complexity index is 1200. The first-order valence-corrected chi connectivity index (χ1v) is 10.6. The quantitative estimate of drug-likeness (QED) is 0.423. The van der Waals surface area contributed by atoms with Crippen LogP contribution in [0.15, 0.2) is 72.8 Å². The number of imidazole rings is 1. The van der Waals surface area contributed by atoms with Crippen molar-refractivity contribution in [1.82, 2.24) is 14.9 Å². The Kier molecular flexibility index (Phi) is 6.12. The Balaban J connectivity index is 1.59. The molecule has 1 amide bonds. The number of aromatic nitrogens is 2. The molecule has 4 rings (SSSR count). The molecule has 4 nitrogen and oxygen atoms in total. The van der Waals surface area contributed by atoms with E-state index in [1.807, 2.05) is 24.3 Å². The summed E-state index contributed by atoms with van der Waals surface area (Å²) in [7, 11) is 0. The maximum Gasteiger partial charge on any atom is 0.254 e. The Morgan fingerprint density at radius 1 is 1.03 bits per heavy atom. The molecule has 0 aliphatic carbocycles. The van der Waals surface area contributed by atoms with Gasteiger partial charge in [-0.2, -0.15) is 0 Å². The number of halogens is 1. The molecule has 5 heteroatoms. The van der Waals surface area contributed by atoms with E-state index in [0.717, 1.165) is 28.8 Å². The molecule has 0 saturated heterocycles. The predicted molar refractivity (Wildman–Crippen MR) is 122 cm³/mol. The normalized spacial score (nSPS) is 12.1. The van der Waals surface area contributed by atoms with Crippen LogP contribution in [-0.4, -0.2) is 15.5 Å². The Labute approximate surface area is 181 Å². The number of benzene rings is 3. The molecule has 4 aromatic rings. The summed E-state index contributed by atoms with van der Waals surface area (Å²) < 4.78 is 16.0. The molecule has 1 heterocycles. The summed E-state index contributed by atoms with van der Waals surface area (Å²) in [5, 5.41) is 2.81. The summed E-state index contributed by atoms with van der Waals surface area (Å²) in [6.07, 6.45) is 1.11. The maximum absolute atomic E-state index is 13.9. The Morgan fingerprint density at radius 2 is 1.74 bits per heavy atom. The van der Waals surface area contributed by atoms with Gasteiger partial charge in [0.05, 0.1) is 23.1 Å². The number of para-hydroxylation sites is 2. The van der Waals surface area contributed by atoms with Gasteiger partial charge < -0.3 is 9.88 Å². The third kappa shape index (κ3) is 4.50. The molecule has 0 fully saturated rings. The van der Waals surface area contributed by atoms with Crippen LogP contribution in [0.1, 0.15) is 53.5 Å². The number of hydrogen-bond donors (Lipinski definition) is 1. The smallest absolute Gasteiger partial charge is 0.254 e. The molecule has 3 aromatic carbocycles. The van der Waals surface area contributed by atoms with E-state index in [1.165, 1.54) is 17.7 Å². The molecule has 31 heavy (non-hydrogen) atoms. The first-order valence-electron chi connectivity index (χ1n) is 10.6. The van der Waals surface area contributed by atoms with Crippen molar-refractivity contribution in [3.63, 3.8) is 0 Å². The van der Waals surface area contributed by atoms with Crippen LogP contribution in [-0.2, 0) is 13.1 Å². The molecule has 1 N–H and O–H groups in total. The molecule has 1 aromatic heterocycles. The van der Waals surface area contributed by atoms with Crippen LogP contribution in [0.3, 0.4) is 0 Å². The molecule has 0 bridgehead atoms. The van der Waals surface area contributed by atoms with E-state index < -0.39 is 11.7 Å². The second-order valence-electron chi connectivity index (χ2n) is 7.82. The van der Waals surface area contributed by atoms with Crippen molar-refractivity contribution in [3.8, 4) is 0 Å². The van der Waals surface area contributed by atoms with E-state index in [0.29, 0.717) is 12.5 Å². The second kappa shape index (κ2) is 9.13. The van der Waals surface area contributed by atoms with Crippen LogP contribution in [0.4, 0.5) is 4.39 Å². The summed E-state index contributed by atoms with van der Waals surface area (Å²) in [6, 6.07) is 22.6. The zero-order chi connectivity index (χ0) is 21.8. The second-order valence-corrected chi connectivity index (χ2v) is 7.82. The van der Waals surface area contributed by atoms with E-state index in [9.17, 15) is 9.18 Å². The van der Waals surface area contributed by atoms with E-state index in [2.05, 4.69) is 48.0 Å². The van der Waals surface area contributed by atoms with Crippen molar-refractivity contribution in [2.75, 3.05) is 0 Å². The summed E-state index contributed by atoms with van der Waals surface area (Å²) in [5.41, 5.74) is 4.40. The number of hydrogen-bond acceptors (Lipinski definition) is 2. The number of nitrogens with one attached hydrogen (secondary N) is 1. The molecular formula is C26H26FN3O. The van der Waals surface area contributed by atoms with Gasteiger partial charge in [0.2, 0.25) is 0 Å². The molecule has 0 aliphatic heterocycles. The van der Waals surface area contributed by atoms with Crippen molar-refractivity contribution in [1.29, 1.82) is 0 Å². The van der Waals surface area contributed by atoms with Crippen molar-refractivity contribution >= 4 is 16.9 Å². The van der Waals surface area contributed by atoms with E-state index in [-0.39, 0.29) is 12.1 Å². The van der Waals surface area contributed by atoms with E-state index in [4.69, 9.17) is 4.98 Å². The topological polar surface area (TPSA) is 46.9 Å². The standard InChI is InChI=1S/C26H26FN3O/c1-3-18(2)20-14-12-19(13-15-20)17-30-24-11-7-6-10-23(24)29-25(30)16-28-26(31)21-8-4-5-9-22(21)27/h4-15,18H,3,16-17H2,1-2H3,(H,28,31). The number of fused-ring (bicyclic) bond motifs is 1. The zero-order valence-electron chi connectivity index (χ0n) is 17.8. The minimum atomic E-state index is -0.532. The maximum atomic E-state index is 13.9. The third-order valence-electron chi connectivity index (χ3n) is 5.76. The first-order chi connectivity index (χ1) is 15.1. The first kappa shape index (κ1) is 20.8. The van der Waals surface area contributed by atoms with Crippen LogP contribution in [0.25, 0.3) is 11.0 Å². The van der Waals surface area contributed by atoms with Crippen molar-refractivity contribution in [3.05, 3.63) is 101 Å². The molecule has 1 unspecified atom stereocenters. The van der Waals surface area contributed by atoms with Gasteiger partial charge in [0.15, 0.2) is 0 Å². The van der Waals surface area contributed by atoms with Gasteiger partial charge in [-0.05, 0) is 47.7 Å². The van der Waals surface area contributed by atoms with Gasteiger partial charge in [0.1, 0.15) is 11.6 Å². The molecular weight excluding hydrogens is 389 g/mol. The highest BCUT2D eigenvalue weighted by atomic mass is 19.1. The number of carbonyl (C=O) groups excluding carboxylic acids is 1. The SMILES string of the molecule is CCC(C)c1ccc(Cn2c(CNC(=O)c3ccccc3F)nc3ccccc32)cc1. The zero-order valence-corrected chi connectivity index (χ0v) is 17.8. The fourth-order valence-electron chi connectivity index (χ4n) is 3.71. The van der Waals surface area contributed by atoms with Crippen molar-refractivity contribution in [2.24, 2.45) is 0 Å². The predicted octanol–water partition coefficient (Wildman–Crippen LogP) is 5.67. The van der Waals surface area contributed by atoms with Crippen LogP contribution in [0.5, 0.6) is 0 Å². The van der Waals surface area contributed by atoms with E-state index in [1.54, 1.807) is 12.1 Å². The van der Waals surface area contributed by atoms with Crippen LogP contribution < -0.4 is 5.32 Å². The van der Waals surface area contributed by atoms with Crippen molar-refractivity contribution < 1.29 is 9.18 Å². The van der Waals surface area contributed by atoms with Crippen LogP contribution in [0.2, 0.25) is 0 Å². The Hall–Kier alpha value is -3.47. The molecule has 0 radical (unpaired) electrons. The van der Waals surface area contributed by atoms with Gasteiger partial charge in [-0.25, -0.2) is 9.37 Å². The molecule has 0 aliphatic rings. The fraction of sp³-hybridized carbons (Fsp3) is 0.231. The lowest BCUT2D eigenvalue weighted by Crippen LogP contribution is -2.25. The van der Waals surface area contributed by atoms with Gasteiger partial charge in [0.25, 0.3) is 5.91 Å². The lowest BCUT2D eigenvalue weighted by atomic mass is 9.98. The monoisotopic (exact) mass is 415 g/mol. The average Bonchev–Trinajstić information content (AvgIpc) is 3.15. The van der Waals surface area contributed by atoms with Gasteiger partial charge in [-0.1, -0.05) is 62.4 Å². The largest absolute Gasteiger partial charge is 0.345 e. The third-order valence-corrected chi connectivity index (χ3v) is 5.76. The lowest BCUT2D eigenvalue weighted by Gasteiger charge is -2.13. The molecule has 0 spiro atoms. The summed E-state index contributed by atoms with van der Waals surface area (Å²) in [5.74, 6) is 0.286. The number of carbonyl (C=O) groups is 1. The highest BCUT2D eigenvalue weighted by Crippen LogP contribution is 2.21. The number of amides is 1. The summed E-state index contributed by atoms with van der Waals surface area (Å²) in [6.45, 7) is 5.28. The van der Waals surface area contributed by atoms with E-state index >= 15 is 0 Å². The van der Waals surface area contributed by atoms with Gasteiger partial charge in [-0.3, -0.25) is 4.79 Å². The van der Waals surface area contributed by atoms with Crippen LogP contribution in [0, 0.1) is 5.82 Å². The van der Waals surface area contributed by atoms with Gasteiger partial charge in [0, 0.05) is 6.54 Å². The van der Waals surface area contributed by atoms with Gasteiger partial charge >= 0.3 is 0 Å². The molecule has 158 valence electrons. The number of rotatable bonds is 7. The Morgan fingerprint density at radius 3 is 2.48 bits per heavy atom.